The SMILES string of the molecule is Cc1[nH]n2nc(-c3ccc(NC(=O)COC(=O)CC(C)C)cc3)nc2c1Cl. The number of fused-ring (bicyclic) bond motifs is 1. The number of rotatable bonds is 6. The van der Waals surface area contributed by atoms with Gasteiger partial charge in [0.05, 0.1) is 5.69 Å². The van der Waals surface area contributed by atoms with E-state index in [9.17, 15) is 9.59 Å². The topological polar surface area (TPSA) is 101 Å². The zero-order chi connectivity index (χ0) is 19.6. The number of nitrogens with zero attached hydrogens (tertiary/aromatic N) is 3. The Hall–Kier alpha value is -2.87. The Labute approximate surface area is 160 Å². The van der Waals surface area contributed by atoms with Crippen LogP contribution in [0.25, 0.3) is 17.0 Å². The van der Waals surface area contributed by atoms with Gasteiger partial charge in [-0.15, -0.1) is 5.10 Å². The number of carbonyl (C=O) groups is 2. The molecule has 0 bridgehead atoms. The van der Waals surface area contributed by atoms with Gasteiger partial charge in [-0.3, -0.25) is 14.7 Å². The molecule has 2 heterocycles. The summed E-state index contributed by atoms with van der Waals surface area (Å²) in [5.41, 5.74) is 2.72. The van der Waals surface area contributed by atoms with Crippen molar-refractivity contribution in [3.8, 4) is 11.4 Å². The van der Waals surface area contributed by atoms with Gasteiger partial charge in [0.2, 0.25) is 0 Å². The highest BCUT2D eigenvalue weighted by atomic mass is 35.5. The number of carbonyl (C=O) groups excluding carboxylic acids is 2. The predicted octanol–water partition coefficient (Wildman–Crippen LogP) is 3.21. The standard InChI is InChI=1S/C18H20ClN5O3/c1-10(2)8-15(26)27-9-14(25)20-13-6-4-12(5-7-13)17-21-18-16(19)11(3)22-24(18)23-17/h4-7,10,22H,8-9H2,1-3H3,(H,20,25). The zero-order valence-electron chi connectivity index (χ0n) is 15.2. The molecule has 1 amide bonds. The first-order valence-electron chi connectivity index (χ1n) is 8.50. The highest BCUT2D eigenvalue weighted by Crippen LogP contribution is 2.24. The predicted molar refractivity (Wildman–Crippen MR) is 102 cm³/mol. The summed E-state index contributed by atoms with van der Waals surface area (Å²) in [4.78, 5) is 27.8. The molecule has 9 heteroatoms. The Morgan fingerprint density at radius 3 is 2.63 bits per heavy atom. The molecule has 2 N–H and O–H groups in total. The molecular weight excluding hydrogens is 370 g/mol. The van der Waals surface area contributed by atoms with Crippen molar-refractivity contribution in [2.45, 2.75) is 27.2 Å². The van der Waals surface area contributed by atoms with Gasteiger partial charge in [0.25, 0.3) is 5.91 Å². The molecule has 0 aliphatic rings. The molecule has 2 aromatic heterocycles. The molecule has 3 rings (SSSR count). The fourth-order valence-corrected chi connectivity index (χ4v) is 2.63. The van der Waals surface area contributed by atoms with E-state index in [1.807, 2.05) is 20.8 Å². The van der Waals surface area contributed by atoms with Crippen LogP contribution in [0.4, 0.5) is 5.69 Å². The highest BCUT2D eigenvalue weighted by molar-refractivity contribution is 6.34. The van der Waals surface area contributed by atoms with Crippen LogP contribution in [0.3, 0.4) is 0 Å². The van der Waals surface area contributed by atoms with Gasteiger partial charge in [0.15, 0.2) is 18.1 Å². The average Bonchev–Trinajstić information content (AvgIpc) is 3.13. The molecule has 0 spiro atoms. The molecule has 142 valence electrons. The summed E-state index contributed by atoms with van der Waals surface area (Å²) in [7, 11) is 0. The molecule has 0 fully saturated rings. The van der Waals surface area contributed by atoms with Gasteiger partial charge in [0.1, 0.15) is 5.02 Å². The number of ether oxygens (including phenoxy) is 1. The summed E-state index contributed by atoms with van der Waals surface area (Å²) in [6.45, 7) is 5.36. The molecule has 1 aromatic carbocycles. The molecule has 3 aromatic rings. The average molecular weight is 390 g/mol. The number of nitrogens with one attached hydrogen (secondary N) is 2. The van der Waals surface area contributed by atoms with Crippen molar-refractivity contribution in [2.24, 2.45) is 5.92 Å². The van der Waals surface area contributed by atoms with Gasteiger partial charge in [-0.05, 0) is 37.1 Å². The van der Waals surface area contributed by atoms with E-state index >= 15 is 0 Å². The highest BCUT2D eigenvalue weighted by Gasteiger charge is 2.14. The molecule has 27 heavy (non-hydrogen) atoms. The second-order valence-electron chi connectivity index (χ2n) is 6.61. The number of H-pyrrole nitrogens is 1. The van der Waals surface area contributed by atoms with Crippen LogP contribution in [0, 0.1) is 12.8 Å². The summed E-state index contributed by atoms with van der Waals surface area (Å²) in [5, 5.41) is 10.6. The minimum absolute atomic E-state index is 0.190. The summed E-state index contributed by atoms with van der Waals surface area (Å²) in [5.74, 6) is -0.0688. The van der Waals surface area contributed by atoms with Crippen LogP contribution in [-0.2, 0) is 14.3 Å². The van der Waals surface area contributed by atoms with Crippen LogP contribution in [0.1, 0.15) is 26.0 Å². The molecule has 0 radical (unpaired) electrons. The maximum absolute atomic E-state index is 11.9. The van der Waals surface area contributed by atoms with Crippen molar-refractivity contribution in [3.05, 3.63) is 35.0 Å². The van der Waals surface area contributed by atoms with Crippen LogP contribution < -0.4 is 5.32 Å². The molecule has 0 unspecified atom stereocenters. The van der Waals surface area contributed by atoms with Gasteiger partial charge in [0, 0.05) is 17.7 Å². The van der Waals surface area contributed by atoms with Gasteiger partial charge in [-0.2, -0.15) is 4.63 Å². The Bertz CT molecular complexity index is 975. The first-order valence-corrected chi connectivity index (χ1v) is 8.88. The molecule has 0 aliphatic heterocycles. The number of aromatic nitrogens is 4. The quantitative estimate of drug-likeness (QED) is 0.630. The van der Waals surface area contributed by atoms with Crippen molar-refractivity contribution in [1.29, 1.82) is 0 Å². The first-order chi connectivity index (χ1) is 12.8. The van der Waals surface area contributed by atoms with E-state index in [0.29, 0.717) is 22.2 Å². The third-order valence-corrected chi connectivity index (χ3v) is 4.22. The Morgan fingerprint density at radius 1 is 1.30 bits per heavy atom. The summed E-state index contributed by atoms with van der Waals surface area (Å²) >= 11 is 6.17. The van der Waals surface area contributed by atoms with Crippen molar-refractivity contribution >= 4 is 34.8 Å². The number of aromatic amines is 1. The van der Waals surface area contributed by atoms with Crippen molar-refractivity contribution < 1.29 is 14.3 Å². The van der Waals surface area contributed by atoms with E-state index in [4.69, 9.17) is 16.3 Å². The van der Waals surface area contributed by atoms with Crippen molar-refractivity contribution in [3.63, 3.8) is 0 Å². The summed E-state index contributed by atoms with van der Waals surface area (Å²) in [6, 6.07) is 7.03. The van der Waals surface area contributed by atoms with Gasteiger partial charge < -0.3 is 10.1 Å². The second-order valence-corrected chi connectivity index (χ2v) is 6.98. The Balaban J connectivity index is 1.61. The van der Waals surface area contributed by atoms with Crippen molar-refractivity contribution in [2.75, 3.05) is 11.9 Å². The number of esters is 1. The van der Waals surface area contributed by atoms with Crippen LogP contribution in [0.15, 0.2) is 24.3 Å². The number of hydrogen-bond acceptors (Lipinski definition) is 5. The van der Waals surface area contributed by atoms with E-state index in [-0.39, 0.29) is 24.9 Å². The third kappa shape index (κ3) is 4.46. The molecule has 0 aliphatic carbocycles. The van der Waals surface area contributed by atoms with Crippen molar-refractivity contribution in [1.82, 2.24) is 19.8 Å². The van der Waals surface area contributed by atoms with E-state index in [0.717, 1.165) is 11.3 Å². The maximum Gasteiger partial charge on any atom is 0.306 e. The van der Waals surface area contributed by atoms with E-state index < -0.39 is 5.91 Å². The van der Waals surface area contributed by atoms with Gasteiger partial charge >= 0.3 is 5.97 Å². The van der Waals surface area contributed by atoms with Crippen LogP contribution in [-0.4, -0.2) is 38.3 Å². The lowest BCUT2D eigenvalue weighted by Crippen LogP contribution is -2.21. The number of hydrogen-bond donors (Lipinski definition) is 2. The lowest BCUT2D eigenvalue weighted by atomic mass is 10.1. The lowest BCUT2D eigenvalue weighted by molar-refractivity contribution is -0.148. The van der Waals surface area contributed by atoms with Gasteiger partial charge in [-0.1, -0.05) is 25.4 Å². The molecule has 0 atom stereocenters. The number of anilines is 1. The monoisotopic (exact) mass is 389 g/mol. The van der Waals surface area contributed by atoms with Crippen LogP contribution in [0.5, 0.6) is 0 Å². The minimum atomic E-state index is -0.393. The van der Waals surface area contributed by atoms with Crippen LogP contribution in [0.2, 0.25) is 5.02 Å². The lowest BCUT2D eigenvalue weighted by Gasteiger charge is -2.08. The third-order valence-electron chi connectivity index (χ3n) is 3.77. The number of aryl methyl sites for hydroxylation is 1. The number of amides is 1. The first kappa shape index (κ1) is 18.9. The smallest absolute Gasteiger partial charge is 0.306 e. The molecule has 0 saturated heterocycles. The number of benzene rings is 1. The maximum atomic E-state index is 11.9. The normalized spacial score (nSPS) is 11.1. The summed E-state index contributed by atoms with van der Waals surface area (Å²) < 4.78 is 6.46. The largest absolute Gasteiger partial charge is 0.456 e. The van der Waals surface area contributed by atoms with Gasteiger partial charge in [-0.25, -0.2) is 4.98 Å². The minimum Gasteiger partial charge on any atom is -0.456 e. The fourth-order valence-electron chi connectivity index (χ4n) is 2.47. The molecule has 8 nitrogen and oxygen atoms in total. The fraction of sp³-hybridized carbons (Fsp3) is 0.333. The zero-order valence-corrected chi connectivity index (χ0v) is 16.0. The Kier molecular flexibility index (Phi) is 5.46. The molecule has 0 saturated carbocycles. The van der Waals surface area contributed by atoms with E-state index in [1.165, 1.54) is 4.63 Å². The van der Waals surface area contributed by atoms with E-state index in [1.54, 1.807) is 24.3 Å². The molecular formula is C18H20ClN5O3. The van der Waals surface area contributed by atoms with Crippen LogP contribution >= 0.6 is 11.6 Å². The summed E-state index contributed by atoms with van der Waals surface area (Å²) in [6.07, 6.45) is 0.289. The van der Waals surface area contributed by atoms with E-state index in [2.05, 4.69) is 20.5 Å². The Morgan fingerprint density at radius 2 is 2.00 bits per heavy atom. The number of halogens is 1. The second kappa shape index (κ2) is 7.79.